The molecule has 1 spiro atoms. The van der Waals surface area contributed by atoms with Crippen molar-refractivity contribution in [3.05, 3.63) is 215 Å². The fraction of sp³-hybridized carbons (Fsp3) is 0.115. The molecule has 0 radical (unpaired) electrons. The summed E-state index contributed by atoms with van der Waals surface area (Å²) in [6, 6.07) is 59.6. The van der Waals surface area contributed by atoms with Crippen molar-refractivity contribution >= 4 is 22.6 Å². The second kappa shape index (κ2) is 11.2. The first-order valence-corrected chi connectivity index (χ1v) is 19.0. The highest BCUT2D eigenvalue weighted by molar-refractivity contribution is 5.98. The fourth-order valence-corrected chi connectivity index (χ4v) is 10.2. The number of hydrogen-bond acceptors (Lipinski definition) is 1. The lowest BCUT2D eigenvalue weighted by Crippen LogP contribution is -2.25. The molecule has 0 amide bonds. The maximum atomic E-state index is 2.51. The molecule has 252 valence electrons. The minimum absolute atomic E-state index is 0.0512. The first kappa shape index (κ1) is 30.4. The molecule has 0 unspecified atom stereocenters. The number of hydrogen-bond donors (Lipinski definition) is 0. The third-order valence-corrected chi connectivity index (χ3v) is 12.5. The smallest absolute Gasteiger partial charge is 0.0725 e. The van der Waals surface area contributed by atoms with Gasteiger partial charge in [0.15, 0.2) is 0 Å². The standard InChI is InChI=1S/C52H39N/c1-51(2)44-23-11-6-21-40(44)42-32-35(28-30-45(42)51)53(50-27-15-10-18-37(50)34-16-4-3-5-17-34)36-29-31-49-43(33-36)41-22-9-14-26-48(41)52(49)46-24-12-7-19-38(46)39-20-8-13-25-47(39)52/h4,6-33H,3,5H2,1-2H3. The summed E-state index contributed by atoms with van der Waals surface area (Å²) in [6.07, 6.45) is 9.17. The van der Waals surface area contributed by atoms with E-state index in [2.05, 4.69) is 195 Å². The van der Waals surface area contributed by atoms with Gasteiger partial charge in [0, 0.05) is 22.4 Å². The average molecular weight is 678 g/mol. The van der Waals surface area contributed by atoms with Gasteiger partial charge in [-0.15, -0.1) is 0 Å². The molecule has 0 saturated carbocycles. The predicted molar refractivity (Wildman–Crippen MR) is 221 cm³/mol. The largest absolute Gasteiger partial charge is 0.310 e. The van der Waals surface area contributed by atoms with E-state index in [9.17, 15) is 0 Å². The molecule has 0 atom stereocenters. The highest BCUT2D eigenvalue weighted by Crippen LogP contribution is 2.63. The van der Waals surface area contributed by atoms with E-state index in [0.29, 0.717) is 0 Å². The minimum atomic E-state index is -0.360. The minimum Gasteiger partial charge on any atom is -0.310 e. The second-order valence-corrected chi connectivity index (χ2v) is 15.5. The molecule has 4 aliphatic carbocycles. The molecule has 1 nitrogen and oxygen atoms in total. The van der Waals surface area contributed by atoms with Gasteiger partial charge in [0.05, 0.1) is 11.1 Å². The van der Waals surface area contributed by atoms with Crippen molar-refractivity contribution in [3.63, 3.8) is 0 Å². The Morgan fingerprint density at radius 2 is 0.849 bits per heavy atom. The van der Waals surface area contributed by atoms with Crippen LogP contribution in [0.3, 0.4) is 0 Å². The van der Waals surface area contributed by atoms with E-state index in [1.54, 1.807) is 0 Å². The van der Waals surface area contributed by atoms with E-state index in [4.69, 9.17) is 0 Å². The molecule has 7 aromatic rings. The SMILES string of the molecule is CC1(C)c2ccccc2-c2cc(N(c3ccc4c(c3)-c3ccccc3C43c4ccccc4-c4ccccc43)c3ccccc3C3=CCCC=C3)ccc21. The van der Waals surface area contributed by atoms with Crippen LogP contribution < -0.4 is 4.90 Å². The van der Waals surface area contributed by atoms with Crippen LogP contribution in [0.15, 0.2) is 176 Å². The monoisotopic (exact) mass is 677 g/mol. The van der Waals surface area contributed by atoms with Crippen molar-refractivity contribution in [2.24, 2.45) is 0 Å². The molecule has 7 aromatic carbocycles. The maximum Gasteiger partial charge on any atom is 0.0725 e. The van der Waals surface area contributed by atoms with E-state index in [-0.39, 0.29) is 10.8 Å². The van der Waals surface area contributed by atoms with Crippen molar-refractivity contribution in [3.8, 4) is 33.4 Å². The van der Waals surface area contributed by atoms with E-state index < -0.39 is 0 Å². The Kier molecular flexibility index (Phi) is 6.41. The molecule has 11 rings (SSSR count). The van der Waals surface area contributed by atoms with Crippen LogP contribution in [0.4, 0.5) is 17.1 Å². The molecule has 1 heteroatoms. The number of benzene rings is 7. The molecular weight excluding hydrogens is 639 g/mol. The lowest BCUT2D eigenvalue weighted by atomic mass is 9.70. The molecule has 0 heterocycles. The Morgan fingerprint density at radius 1 is 0.415 bits per heavy atom. The van der Waals surface area contributed by atoms with Crippen LogP contribution in [0.1, 0.15) is 65.6 Å². The van der Waals surface area contributed by atoms with Crippen LogP contribution in [0, 0.1) is 0 Å². The number of anilines is 3. The zero-order valence-electron chi connectivity index (χ0n) is 30.1. The lowest BCUT2D eigenvalue weighted by molar-refractivity contribution is 0.660. The van der Waals surface area contributed by atoms with Crippen LogP contribution in [0.25, 0.3) is 39.0 Å². The first-order valence-electron chi connectivity index (χ1n) is 19.0. The zero-order chi connectivity index (χ0) is 35.3. The molecule has 53 heavy (non-hydrogen) atoms. The van der Waals surface area contributed by atoms with Crippen LogP contribution in [0.5, 0.6) is 0 Å². The van der Waals surface area contributed by atoms with E-state index in [1.807, 2.05) is 0 Å². The number of allylic oxidation sites excluding steroid dienone is 4. The normalized spacial score (nSPS) is 15.9. The van der Waals surface area contributed by atoms with Crippen molar-refractivity contribution in [1.29, 1.82) is 0 Å². The summed E-state index contributed by atoms with van der Waals surface area (Å²) in [5.74, 6) is 0. The third-order valence-electron chi connectivity index (χ3n) is 12.5. The van der Waals surface area contributed by atoms with E-state index in [0.717, 1.165) is 18.5 Å². The van der Waals surface area contributed by atoms with Crippen LogP contribution >= 0.6 is 0 Å². The van der Waals surface area contributed by atoms with Crippen LogP contribution in [0.2, 0.25) is 0 Å². The van der Waals surface area contributed by atoms with E-state index >= 15 is 0 Å². The molecule has 0 aliphatic heterocycles. The Labute approximate surface area is 312 Å². The highest BCUT2D eigenvalue weighted by atomic mass is 15.1. The van der Waals surface area contributed by atoms with Gasteiger partial charge in [0.1, 0.15) is 0 Å². The van der Waals surface area contributed by atoms with Gasteiger partial charge < -0.3 is 4.90 Å². The molecule has 0 bridgehead atoms. The van der Waals surface area contributed by atoms with Gasteiger partial charge >= 0.3 is 0 Å². The van der Waals surface area contributed by atoms with Crippen molar-refractivity contribution < 1.29 is 0 Å². The fourth-order valence-electron chi connectivity index (χ4n) is 10.2. The van der Waals surface area contributed by atoms with Gasteiger partial charge in [0.2, 0.25) is 0 Å². The number of para-hydroxylation sites is 1. The summed E-state index contributed by atoms with van der Waals surface area (Å²) in [7, 11) is 0. The Balaban J connectivity index is 1.17. The van der Waals surface area contributed by atoms with Gasteiger partial charge in [0.25, 0.3) is 0 Å². The molecule has 0 saturated heterocycles. The first-order chi connectivity index (χ1) is 26.1. The molecule has 0 N–H and O–H groups in total. The highest BCUT2D eigenvalue weighted by Gasteiger charge is 2.51. The zero-order valence-corrected chi connectivity index (χ0v) is 30.1. The van der Waals surface area contributed by atoms with Crippen LogP contribution in [-0.4, -0.2) is 0 Å². The van der Waals surface area contributed by atoms with Gasteiger partial charge in [-0.2, -0.15) is 0 Å². The number of nitrogens with zero attached hydrogens (tertiary/aromatic N) is 1. The Bertz CT molecular complexity index is 2670. The second-order valence-electron chi connectivity index (χ2n) is 15.5. The van der Waals surface area contributed by atoms with Gasteiger partial charge in [-0.3, -0.25) is 0 Å². The van der Waals surface area contributed by atoms with Gasteiger partial charge in [-0.05, 0) is 116 Å². The van der Waals surface area contributed by atoms with Crippen molar-refractivity contribution in [1.82, 2.24) is 0 Å². The van der Waals surface area contributed by atoms with E-state index in [1.165, 1.54) is 89.3 Å². The summed E-state index contributed by atoms with van der Waals surface area (Å²) < 4.78 is 0. The summed E-state index contributed by atoms with van der Waals surface area (Å²) in [5.41, 5.74) is 21.8. The average Bonchev–Trinajstić information content (AvgIpc) is 3.77. The van der Waals surface area contributed by atoms with Crippen LogP contribution in [-0.2, 0) is 10.8 Å². The third kappa shape index (κ3) is 4.08. The molecule has 4 aliphatic rings. The van der Waals surface area contributed by atoms with Crippen molar-refractivity contribution in [2.45, 2.75) is 37.5 Å². The maximum absolute atomic E-state index is 2.51. The number of rotatable bonds is 4. The summed E-state index contributed by atoms with van der Waals surface area (Å²) in [4.78, 5) is 2.51. The summed E-state index contributed by atoms with van der Waals surface area (Å²) in [6.45, 7) is 4.72. The summed E-state index contributed by atoms with van der Waals surface area (Å²) in [5, 5.41) is 0. The van der Waals surface area contributed by atoms with Gasteiger partial charge in [-0.25, -0.2) is 0 Å². The number of fused-ring (bicyclic) bond motifs is 13. The predicted octanol–water partition coefficient (Wildman–Crippen LogP) is 13.5. The molecule has 0 aromatic heterocycles. The summed E-state index contributed by atoms with van der Waals surface area (Å²) >= 11 is 0. The van der Waals surface area contributed by atoms with Gasteiger partial charge in [-0.1, -0.05) is 159 Å². The molecule has 0 fully saturated rings. The molecular formula is C52H39N. The quantitative estimate of drug-likeness (QED) is 0.179. The Morgan fingerprint density at radius 3 is 1.43 bits per heavy atom. The van der Waals surface area contributed by atoms with Crippen molar-refractivity contribution in [2.75, 3.05) is 4.90 Å². The Hall–Kier alpha value is -6.18. The lowest BCUT2D eigenvalue weighted by Gasteiger charge is -2.32. The topological polar surface area (TPSA) is 3.24 Å².